The molecular weight excluding hydrogens is 196 g/mol. The van der Waals surface area contributed by atoms with Gasteiger partial charge in [0.1, 0.15) is 0 Å². The van der Waals surface area contributed by atoms with Crippen LogP contribution in [0, 0.1) is 17.5 Å². The second-order valence-electron chi connectivity index (χ2n) is 2.17. The van der Waals surface area contributed by atoms with E-state index in [-0.39, 0.29) is 25.9 Å². The van der Waals surface area contributed by atoms with Crippen molar-refractivity contribution in [2.75, 3.05) is 0 Å². The maximum atomic E-state index is 12.4. The van der Waals surface area contributed by atoms with Gasteiger partial charge in [-0.2, -0.15) is 0 Å². The molecule has 2 N–H and O–H groups in total. The van der Waals surface area contributed by atoms with Gasteiger partial charge in [-0.05, 0) is 17.6 Å². The van der Waals surface area contributed by atoms with Crippen molar-refractivity contribution in [1.29, 1.82) is 0 Å². The summed E-state index contributed by atoms with van der Waals surface area (Å²) in [6, 6.07) is 1.03. The maximum absolute atomic E-state index is 12.4. The van der Waals surface area contributed by atoms with Gasteiger partial charge in [-0.1, -0.05) is 0 Å². The molecule has 0 aliphatic rings. The van der Waals surface area contributed by atoms with Crippen LogP contribution >= 0.6 is 0 Å². The summed E-state index contributed by atoms with van der Waals surface area (Å²) < 4.78 is 37.0. The van der Waals surface area contributed by atoms with E-state index in [9.17, 15) is 13.2 Å². The number of halogens is 3. The van der Waals surface area contributed by atoms with Crippen LogP contribution in [0.15, 0.2) is 12.1 Å². The van der Waals surface area contributed by atoms with Crippen molar-refractivity contribution in [3.63, 3.8) is 0 Å². The first-order valence-electron chi connectivity index (χ1n) is 3.03. The molecule has 0 fully saturated rings. The third-order valence-electron chi connectivity index (χ3n) is 1.30. The van der Waals surface area contributed by atoms with Crippen molar-refractivity contribution in [2.45, 2.75) is 0 Å². The summed E-state index contributed by atoms with van der Waals surface area (Å²) in [5.74, 6) is -4.52. The molecule has 0 amide bonds. The van der Waals surface area contributed by atoms with Crippen molar-refractivity contribution >= 4 is 35.6 Å². The molecule has 0 aliphatic heterocycles. The van der Waals surface area contributed by atoms with E-state index >= 15 is 0 Å². The van der Waals surface area contributed by atoms with Gasteiger partial charge in [-0.25, -0.2) is 13.2 Å². The van der Waals surface area contributed by atoms with E-state index in [1.165, 1.54) is 0 Å². The van der Waals surface area contributed by atoms with Crippen LogP contribution in [-0.2, 0) is 0 Å². The molecule has 0 aliphatic carbocycles. The van der Waals surface area contributed by atoms with Crippen LogP contribution in [0.5, 0.6) is 0 Å². The van der Waals surface area contributed by atoms with E-state index in [1.807, 2.05) is 0 Å². The fourth-order valence-corrected chi connectivity index (χ4v) is 0.724. The van der Waals surface area contributed by atoms with Gasteiger partial charge in [0.2, 0.25) is 0 Å². The Hall–Kier alpha value is -0.239. The fourth-order valence-electron chi connectivity index (χ4n) is 0.724. The van der Waals surface area contributed by atoms with Gasteiger partial charge in [0.15, 0.2) is 17.5 Å². The van der Waals surface area contributed by atoms with Crippen LogP contribution in [0.4, 0.5) is 13.2 Å². The quantitative estimate of drug-likeness (QED) is 0.482. The zero-order chi connectivity index (χ0) is 9.30. The predicted octanol–water partition coefficient (Wildman–Crippen LogP) is -0.372. The van der Waals surface area contributed by atoms with E-state index in [0.717, 1.165) is 0 Å². The molecular formula is C6H6BF3MgO2. The van der Waals surface area contributed by atoms with Crippen LogP contribution in [0.1, 0.15) is 2.85 Å². The topological polar surface area (TPSA) is 40.5 Å². The zero-order valence-corrected chi connectivity index (χ0v) is 7.88. The van der Waals surface area contributed by atoms with Crippen LogP contribution in [0.2, 0.25) is 0 Å². The van der Waals surface area contributed by atoms with Gasteiger partial charge in [-0.3, -0.25) is 0 Å². The van der Waals surface area contributed by atoms with Gasteiger partial charge >= 0.3 is 30.2 Å². The summed E-state index contributed by atoms with van der Waals surface area (Å²) in [5, 5.41) is 16.9. The molecule has 0 heterocycles. The van der Waals surface area contributed by atoms with E-state index < -0.39 is 30.0 Å². The van der Waals surface area contributed by atoms with Crippen molar-refractivity contribution < 1.29 is 26.1 Å². The Kier molecular flexibility index (Phi) is 4.76. The van der Waals surface area contributed by atoms with Gasteiger partial charge in [0.05, 0.1) is 0 Å². The average Bonchev–Trinajstić information content (AvgIpc) is 1.99. The monoisotopic (exact) mass is 202 g/mol. The van der Waals surface area contributed by atoms with E-state index in [0.29, 0.717) is 12.1 Å². The molecule has 1 aromatic rings. The molecule has 2 nitrogen and oxygen atoms in total. The summed E-state index contributed by atoms with van der Waals surface area (Å²) in [6.45, 7) is 0. The molecule has 68 valence electrons. The summed E-state index contributed by atoms with van der Waals surface area (Å²) in [7, 11) is -2.00. The molecule has 0 bridgehead atoms. The molecule has 13 heavy (non-hydrogen) atoms. The molecule has 1 rings (SSSR count). The minimum atomic E-state index is -2.00. The molecule has 0 unspecified atom stereocenters. The largest absolute Gasteiger partial charge is 2.00 e. The van der Waals surface area contributed by atoms with Crippen LogP contribution in [-0.4, -0.2) is 40.2 Å². The van der Waals surface area contributed by atoms with E-state index in [4.69, 9.17) is 10.0 Å². The van der Waals surface area contributed by atoms with E-state index in [2.05, 4.69) is 0 Å². The minimum absolute atomic E-state index is 0. The summed E-state index contributed by atoms with van der Waals surface area (Å²) in [5.41, 5.74) is -0.425. The van der Waals surface area contributed by atoms with Crippen LogP contribution < -0.4 is 5.46 Å². The normalized spacial score (nSPS) is 9.31. The summed E-state index contributed by atoms with van der Waals surface area (Å²) in [4.78, 5) is 0. The zero-order valence-electron chi connectivity index (χ0n) is 8.47. The Morgan fingerprint density at radius 1 is 1.08 bits per heavy atom. The SMILES string of the molecule is OB(O)c1cc(F)c(F)c(F)c1.[H-].[H-].[Mg+2]. The third-order valence-corrected chi connectivity index (χ3v) is 1.30. The standard InChI is InChI=1S/C6H4BF3O2.Mg.2H/c8-4-1-3(7(11)12)2-5(9)6(4)10;;;/h1-2,11-12H;;;/q;+2;2*-1. The van der Waals surface area contributed by atoms with Crippen LogP contribution in [0.25, 0.3) is 0 Å². The maximum Gasteiger partial charge on any atom is 2.00 e. The second-order valence-corrected chi connectivity index (χ2v) is 2.17. The molecule has 7 heteroatoms. The van der Waals surface area contributed by atoms with Crippen molar-refractivity contribution in [3.05, 3.63) is 29.6 Å². The Balaban J connectivity index is -0.000000480. The number of benzene rings is 1. The fraction of sp³-hybridized carbons (Fsp3) is 0. The van der Waals surface area contributed by atoms with Gasteiger partial charge in [0, 0.05) is 0 Å². The third kappa shape index (κ3) is 2.87. The first-order chi connectivity index (χ1) is 5.52. The minimum Gasteiger partial charge on any atom is -1.00 e. The summed E-state index contributed by atoms with van der Waals surface area (Å²) >= 11 is 0. The Bertz CT molecular complexity index is 293. The first-order valence-corrected chi connectivity index (χ1v) is 3.03. The molecule has 0 saturated carbocycles. The van der Waals surface area contributed by atoms with E-state index in [1.54, 1.807) is 0 Å². The Morgan fingerprint density at radius 2 is 1.46 bits per heavy atom. The van der Waals surface area contributed by atoms with Crippen LogP contribution in [0.3, 0.4) is 0 Å². The average molecular weight is 202 g/mol. The number of hydrogen-bond donors (Lipinski definition) is 2. The molecule has 0 spiro atoms. The molecule has 1 aromatic carbocycles. The Labute approximate surface area is 91.6 Å². The summed E-state index contributed by atoms with van der Waals surface area (Å²) in [6.07, 6.45) is 0. The predicted molar refractivity (Wildman–Crippen MR) is 44.1 cm³/mol. The van der Waals surface area contributed by atoms with Gasteiger partial charge in [0.25, 0.3) is 0 Å². The molecule has 0 radical (unpaired) electrons. The second kappa shape index (κ2) is 4.85. The molecule has 0 aromatic heterocycles. The number of rotatable bonds is 1. The van der Waals surface area contributed by atoms with Gasteiger partial charge in [-0.15, -0.1) is 0 Å². The molecule has 0 atom stereocenters. The number of hydrogen-bond acceptors (Lipinski definition) is 2. The Morgan fingerprint density at radius 3 is 1.77 bits per heavy atom. The first kappa shape index (κ1) is 12.8. The van der Waals surface area contributed by atoms with Crippen molar-refractivity contribution in [1.82, 2.24) is 0 Å². The van der Waals surface area contributed by atoms with Crippen molar-refractivity contribution in [3.8, 4) is 0 Å². The van der Waals surface area contributed by atoms with Gasteiger partial charge < -0.3 is 12.9 Å². The molecule has 0 saturated heterocycles. The smallest absolute Gasteiger partial charge is 1.00 e. The van der Waals surface area contributed by atoms with Crippen molar-refractivity contribution in [2.24, 2.45) is 0 Å².